The van der Waals surface area contributed by atoms with E-state index in [0.29, 0.717) is 43.7 Å². The second kappa shape index (κ2) is 13.5. The minimum atomic E-state index is -0.854. The normalized spacial score (nSPS) is 15.2. The standard InChI is InChI=1S/C33H37N5O4/c1-22(28-20-35-29-13-6-5-12-27(28)29)31(32(40)36-25-11-7-8-23(18-25)19-34)37-30(39)21-42-26-14-16-38(17-15-26)33(41)24-9-3-2-4-10-24/h2-13,18,20,22,26,31,35H,14-17,19,21,34H2,1H3,(H,36,40)(H,37,39)/t22-,31+/m0/s1. The summed E-state index contributed by atoms with van der Waals surface area (Å²) in [5.41, 5.74) is 9.84. The van der Waals surface area contributed by atoms with Crippen molar-refractivity contribution in [3.05, 3.63) is 102 Å². The lowest BCUT2D eigenvalue weighted by atomic mass is 9.92. The number of hydrogen-bond acceptors (Lipinski definition) is 5. The van der Waals surface area contributed by atoms with Crippen molar-refractivity contribution in [1.29, 1.82) is 0 Å². The number of piperidine rings is 1. The van der Waals surface area contributed by atoms with Gasteiger partial charge in [-0.2, -0.15) is 0 Å². The van der Waals surface area contributed by atoms with E-state index in [9.17, 15) is 14.4 Å². The topological polar surface area (TPSA) is 130 Å². The van der Waals surface area contributed by atoms with Gasteiger partial charge >= 0.3 is 0 Å². The molecular weight excluding hydrogens is 530 g/mol. The Morgan fingerprint density at radius 2 is 1.74 bits per heavy atom. The Hall–Kier alpha value is -4.47. The van der Waals surface area contributed by atoms with Crippen molar-refractivity contribution in [3.8, 4) is 0 Å². The van der Waals surface area contributed by atoms with E-state index in [4.69, 9.17) is 10.5 Å². The zero-order chi connectivity index (χ0) is 29.5. The van der Waals surface area contributed by atoms with Crippen LogP contribution in [0.2, 0.25) is 0 Å². The van der Waals surface area contributed by atoms with Crippen LogP contribution in [0.25, 0.3) is 10.9 Å². The van der Waals surface area contributed by atoms with Crippen molar-refractivity contribution < 1.29 is 19.1 Å². The number of hydrogen-bond donors (Lipinski definition) is 4. The van der Waals surface area contributed by atoms with Crippen LogP contribution in [0, 0.1) is 0 Å². The van der Waals surface area contributed by atoms with Gasteiger partial charge in [-0.05, 0) is 54.3 Å². The fourth-order valence-electron chi connectivity index (χ4n) is 5.46. The smallest absolute Gasteiger partial charge is 0.253 e. The number of aromatic amines is 1. The van der Waals surface area contributed by atoms with E-state index < -0.39 is 6.04 Å². The third-order valence-corrected chi connectivity index (χ3v) is 7.84. The number of anilines is 1. The number of benzene rings is 3. The molecule has 5 N–H and O–H groups in total. The molecular formula is C33H37N5O4. The van der Waals surface area contributed by atoms with Crippen molar-refractivity contribution in [2.45, 2.75) is 44.4 Å². The number of fused-ring (bicyclic) bond motifs is 1. The number of nitrogens with one attached hydrogen (secondary N) is 3. The number of H-pyrrole nitrogens is 1. The summed E-state index contributed by atoms with van der Waals surface area (Å²) in [5, 5.41) is 6.87. The monoisotopic (exact) mass is 567 g/mol. The number of amides is 3. The second-order valence-corrected chi connectivity index (χ2v) is 10.7. The summed E-state index contributed by atoms with van der Waals surface area (Å²) in [6.45, 7) is 3.22. The SMILES string of the molecule is C[C@@H](c1c[nH]c2ccccc12)[C@@H](NC(=O)COC1CCN(C(=O)c2ccccc2)CC1)C(=O)Nc1cccc(CN)c1. The van der Waals surface area contributed by atoms with Crippen molar-refractivity contribution in [1.82, 2.24) is 15.2 Å². The lowest BCUT2D eigenvalue weighted by Gasteiger charge is -2.32. The zero-order valence-electron chi connectivity index (χ0n) is 23.7. The van der Waals surface area contributed by atoms with E-state index in [1.807, 2.05) is 90.8 Å². The third-order valence-electron chi connectivity index (χ3n) is 7.84. The molecule has 0 radical (unpaired) electrons. The van der Waals surface area contributed by atoms with Crippen LogP contribution in [0.5, 0.6) is 0 Å². The highest BCUT2D eigenvalue weighted by atomic mass is 16.5. The molecule has 3 aromatic carbocycles. The summed E-state index contributed by atoms with van der Waals surface area (Å²) in [6.07, 6.45) is 3.02. The Morgan fingerprint density at radius 3 is 2.50 bits per heavy atom. The van der Waals surface area contributed by atoms with Gasteiger partial charge in [-0.15, -0.1) is 0 Å². The lowest BCUT2D eigenvalue weighted by Crippen LogP contribution is -2.48. The van der Waals surface area contributed by atoms with Gasteiger partial charge in [0.2, 0.25) is 11.8 Å². The van der Waals surface area contributed by atoms with Crippen LogP contribution in [-0.4, -0.2) is 59.4 Å². The van der Waals surface area contributed by atoms with Crippen LogP contribution in [0.1, 0.15) is 47.2 Å². The number of para-hydroxylation sites is 1. The Kier molecular flexibility index (Phi) is 9.31. The first-order valence-corrected chi connectivity index (χ1v) is 14.3. The van der Waals surface area contributed by atoms with E-state index in [1.165, 1.54) is 0 Å². The highest BCUT2D eigenvalue weighted by Crippen LogP contribution is 2.28. The first-order chi connectivity index (χ1) is 20.4. The summed E-state index contributed by atoms with van der Waals surface area (Å²) in [6, 6.07) is 23.6. The molecule has 2 heterocycles. The fraction of sp³-hybridized carbons (Fsp3) is 0.303. The van der Waals surface area contributed by atoms with Crippen molar-refractivity contribution in [2.75, 3.05) is 25.0 Å². The van der Waals surface area contributed by atoms with Gasteiger partial charge in [-0.1, -0.05) is 55.5 Å². The van der Waals surface area contributed by atoms with Gasteiger partial charge in [0.15, 0.2) is 0 Å². The molecule has 1 aromatic heterocycles. The first-order valence-electron chi connectivity index (χ1n) is 14.3. The minimum Gasteiger partial charge on any atom is -0.368 e. The maximum Gasteiger partial charge on any atom is 0.253 e. The Balaban J connectivity index is 1.22. The summed E-state index contributed by atoms with van der Waals surface area (Å²) in [7, 11) is 0. The maximum absolute atomic E-state index is 13.6. The van der Waals surface area contributed by atoms with E-state index in [-0.39, 0.29) is 36.4 Å². The van der Waals surface area contributed by atoms with Crippen LogP contribution >= 0.6 is 0 Å². The quantitative estimate of drug-likeness (QED) is 0.229. The number of nitrogens with two attached hydrogens (primary N) is 1. The molecule has 0 unspecified atom stereocenters. The molecule has 5 rings (SSSR count). The average molecular weight is 568 g/mol. The van der Waals surface area contributed by atoms with Crippen LogP contribution in [0.3, 0.4) is 0 Å². The van der Waals surface area contributed by atoms with E-state index in [2.05, 4.69) is 15.6 Å². The van der Waals surface area contributed by atoms with Crippen LogP contribution in [0.15, 0.2) is 85.1 Å². The number of likely N-dealkylation sites (tertiary alicyclic amines) is 1. The van der Waals surface area contributed by atoms with Crippen LogP contribution < -0.4 is 16.4 Å². The number of aromatic nitrogens is 1. The molecule has 1 fully saturated rings. The van der Waals surface area contributed by atoms with Crippen molar-refractivity contribution in [3.63, 3.8) is 0 Å². The van der Waals surface area contributed by atoms with Gasteiger partial charge in [0.05, 0.1) is 6.10 Å². The summed E-state index contributed by atoms with van der Waals surface area (Å²) >= 11 is 0. The molecule has 1 aliphatic heterocycles. The van der Waals surface area contributed by atoms with E-state index in [1.54, 1.807) is 6.07 Å². The predicted octanol–water partition coefficient (Wildman–Crippen LogP) is 4.18. The highest BCUT2D eigenvalue weighted by Gasteiger charge is 2.31. The predicted molar refractivity (Wildman–Crippen MR) is 163 cm³/mol. The molecule has 4 aromatic rings. The molecule has 1 aliphatic rings. The Labute approximate surface area is 245 Å². The van der Waals surface area contributed by atoms with Crippen molar-refractivity contribution >= 4 is 34.3 Å². The second-order valence-electron chi connectivity index (χ2n) is 10.7. The number of carbonyl (C=O) groups is 3. The largest absolute Gasteiger partial charge is 0.368 e. The molecule has 9 heteroatoms. The molecule has 0 bridgehead atoms. The summed E-state index contributed by atoms with van der Waals surface area (Å²) in [4.78, 5) is 44.6. The van der Waals surface area contributed by atoms with Crippen LogP contribution in [0.4, 0.5) is 5.69 Å². The first kappa shape index (κ1) is 29.0. The van der Waals surface area contributed by atoms with Gasteiger partial charge in [0.25, 0.3) is 5.91 Å². The van der Waals surface area contributed by atoms with Gasteiger partial charge in [0, 0.05) is 53.9 Å². The summed E-state index contributed by atoms with van der Waals surface area (Å²) in [5.74, 6) is -1.04. The van der Waals surface area contributed by atoms with Crippen molar-refractivity contribution in [2.24, 2.45) is 5.73 Å². The van der Waals surface area contributed by atoms with Crippen LogP contribution in [-0.2, 0) is 20.9 Å². The van der Waals surface area contributed by atoms with Gasteiger partial charge in [0.1, 0.15) is 12.6 Å². The molecule has 42 heavy (non-hydrogen) atoms. The van der Waals surface area contributed by atoms with Gasteiger partial charge in [-0.3, -0.25) is 14.4 Å². The number of ether oxygens (including phenoxy) is 1. The third kappa shape index (κ3) is 6.87. The molecule has 0 saturated carbocycles. The van der Waals surface area contributed by atoms with E-state index >= 15 is 0 Å². The van der Waals surface area contributed by atoms with E-state index in [0.717, 1.165) is 22.0 Å². The molecule has 0 spiro atoms. The molecule has 9 nitrogen and oxygen atoms in total. The average Bonchev–Trinajstić information content (AvgIpc) is 3.47. The number of rotatable bonds is 10. The number of nitrogens with zero attached hydrogens (tertiary/aromatic N) is 1. The Bertz CT molecular complexity index is 1530. The molecule has 218 valence electrons. The Morgan fingerprint density at radius 1 is 1.00 bits per heavy atom. The molecule has 1 saturated heterocycles. The lowest BCUT2D eigenvalue weighted by molar-refractivity contribution is -0.132. The summed E-state index contributed by atoms with van der Waals surface area (Å²) < 4.78 is 5.95. The highest BCUT2D eigenvalue weighted by molar-refractivity contribution is 5.99. The van der Waals surface area contributed by atoms with Gasteiger partial charge in [-0.25, -0.2) is 0 Å². The van der Waals surface area contributed by atoms with Gasteiger partial charge < -0.3 is 31.0 Å². The number of carbonyl (C=O) groups excluding carboxylic acids is 3. The fourth-order valence-corrected chi connectivity index (χ4v) is 5.46. The maximum atomic E-state index is 13.6. The molecule has 2 atom stereocenters. The molecule has 3 amide bonds. The zero-order valence-corrected chi connectivity index (χ0v) is 23.7. The molecule has 0 aliphatic carbocycles. The minimum absolute atomic E-state index is 0.00363.